The lowest BCUT2D eigenvalue weighted by molar-refractivity contribution is -0.605. The maximum atomic E-state index is 13.8. The Morgan fingerprint density at radius 2 is 1.78 bits per heavy atom. The largest absolute Gasteiger partial charge is 0.619 e. The van der Waals surface area contributed by atoms with Gasteiger partial charge in [0.2, 0.25) is 11.7 Å². The average molecular weight is 690 g/mol. The molecule has 15 heteroatoms. The second kappa shape index (κ2) is 13.2. The number of rotatable bonds is 8. The second-order valence-corrected chi connectivity index (χ2v) is 12.7. The van der Waals surface area contributed by atoms with Crippen LogP contribution < -0.4 is 15.4 Å². The van der Waals surface area contributed by atoms with Crippen molar-refractivity contribution in [2.75, 3.05) is 11.1 Å². The van der Waals surface area contributed by atoms with Crippen LogP contribution in [0.1, 0.15) is 59.9 Å². The number of aromatic nitrogens is 4. The number of thioether (sulfide) groups is 1. The van der Waals surface area contributed by atoms with E-state index in [2.05, 4.69) is 32.7 Å². The monoisotopic (exact) mass is 688 g/mol. The highest BCUT2D eigenvalue weighted by atomic mass is 35.5. The Kier molecular flexibility index (Phi) is 9.53. The van der Waals surface area contributed by atoms with Crippen LogP contribution in [0, 0.1) is 17.0 Å². The van der Waals surface area contributed by atoms with Crippen molar-refractivity contribution in [3.8, 4) is 17.5 Å². The molecule has 0 spiro atoms. The third-order valence-electron chi connectivity index (χ3n) is 6.73. The number of carbonyl (C=O) groups is 2. The van der Waals surface area contributed by atoms with Crippen LogP contribution in [-0.2, 0) is 11.0 Å². The molecule has 2 N–H and O–H groups in total. The van der Waals surface area contributed by atoms with Gasteiger partial charge in [-0.1, -0.05) is 52.9 Å². The summed E-state index contributed by atoms with van der Waals surface area (Å²) in [5.74, 6) is 3.74. The molecule has 0 atom stereocenters. The Labute approximate surface area is 276 Å². The van der Waals surface area contributed by atoms with Crippen molar-refractivity contribution >= 4 is 52.5 Å². The zero-order valence-electron chi connectivity index (χ0n) is 24.3. The van der Waals surface area contributed by atoms with Gasteiger partial charge in [0.15, 0.2) is 17.6 Å². The van der Waals surface area contributed by atoms with Gasteiger partial charge in [0.1, 0.15) is 0 Å². The minimum atomic E-state index is -4.81. The van der Waals surface area contributed by atoms with Crippen molar-refractivity contribution in [3.05, 3.63) is 98.7 Å². The summed E-state index contributed by atoms with van der Waals surface area (Å²) in [6.45, 7) is 3.41. The standard InChI is InChI=1S/C31H25Cl2F3N6O3S/c1-30(2,38-27(44)20-10-13-41(45)14-11-20)12-9-18-3-7-24(22(32)15-18)37-26(43)17-46-29-40-39-28(31(34,35)36)42(29)25-8-6-21(16-23(25)33)19-4-5-19/h3,6-8,10-11,13-16,19H,4-5,17H2,1-2H3,(H,37,43)(H,38,44). The van der Waals surface area contributed by atoms with Crippen molar-refractivity contribution < 1.29 is 27.5 Å². The smallest absolute Gasteiger partial charge is 0.452 e. The molecule has 2 aromatic heterocycles. The maximum absolute atomic E-state index is 13.8. The number of nitrogens with zero attached hydrogens (tertiary/aromatic N) is 4. The van der Waals surface area contributed by atoms with E-state index < -0.39 is 29.4 Å². The minimum Gasteiger partial charge on any atom is -0.619 e. The van der Waals surface area contributed by atoms with Gasteiger partial charge in [-0.05, 0) is 68.5 Å². The number of hydrogen-bond donors (Lipinski definition) is 2. The number of pyridine rings is 1. The van der Waals surface area contributed by atoms with Gasteiger partial charge in [-0.25, -0.2) is 0 Å². The Balaban J connectivity index is 1.24. The Hall–Kier alpha value is -4.25. The average Bonchev–Trinajstić information content (AvgIpc) is 3.75. The second-order valence-electron chi connectivity index (χ2n) is 10.9. The van der Waals surface area contributed by atoms with Crippen LogP contribution in [0.4, 0.5) is 18.9 Å². The van der Waals surface area contributed by atoms with Crippen LogP contribution in [0.5, 0.6) is 0 Å². The number of anilines is 1. The molecule has 2 amide bonds. The van der Waals surface area contributed by atoms with Crippen LogP contribution in [-0.4, -0.2) is 37.9 Å². The van der Waals surface area contributed by atoms with Crippen LogP contribution in [0.2, 0.25) is 10.0 Å². The first-order chi connectivity index (χ1) is 21.7. The van der Waals surface area contributed by atoms with Crippen LogP contribution >= 0.6 is 35.0 Å². The van der Waals surface area contributed by atoms with Crippen molar-refractivity contribution in [2.45, 2.75) is 49.5 Å². The number of hydrogen-bond acceptors (Lipinski definition) is 6. The molecule has 5 rings (SSSR count). The Morgan fingerprint density at radius 1 is 1.07 bits per heavy atom. The van der Waals surface area contributed by atoms with Crippen molar-refractivity contribution in [1.29, 1.82) is 0 Å². The van der Waals surface area contributed by atoms with Gasteiger partial charge in [0, 0.05) is 17.7 Å². The van der Waals surface area contributed by atoms with Gasteiger partial charge < -0.3 is 15.8 Å². The molecule has 2 aromatic carbocycles. The van der Waals surface area contributed by atoms with Gasteiger partial charge in [-0.15, -0.1) is 10.2 Å². The number of amides is 2. The molecular weight excluding hydrogens is 664 g/mol. The van der Waals surface area contributed by atoms with Crippen molar-refractivity contribution in [2.24, 2.45) is 0 Å². The predicted molar refractivity (Wildman–Crippen MR) is 168 cm³/mol. The third kappa shape index (κ3) is 8.12. The zero-order valence-corrected chi connectivity index (χ0v) is 26.6. The summed E-state index contributed by atoms with van der Waals surface area (Å²) in [4.78, 5) is 25.3. The SMILES string of the molecule is CC(C)(C#Cc1ccc(NC(=O)CSc2nnc(C(F)(F)F)n2-c2ccc(C3CC3)cc2Cl)c(Cl)c1)NC(=O)c1cc[n+]([O-])cc1. The highest BCUT2D eigenvalue weighted by Gasteiger charge is 2.39. The Morgan fingerprint density at radius 3 is 2.41 bits per heavy atom. The predicted octanol–water partition coefficient (Wildman–Crippen LogP) is 6.39. The lowest BCUT2D eigenvalue weighted by atomic mass is 10.0. The first-order valence-electron chi connectivity index (χ1n) is 13.8. The van der Waals surface area contributed by atoms with Gasteiger partial charge in [0.25, 0.3) is 5.91 Å². The quantitative estimate of drug-likeness (QED) is 0.0959. The fraction of sp³-hybridized carbons (Fsp3) is 0.258. The highest BCUT2D eigenvalue weighted by molar-refractivity contribution is 7.99. The number of alkyl halides is 3. The summed E-state index contributed by atoms with van der Waals surface area (Å²) >= 11 is 13.5. The lowest BCUT2D eigenvalue weighted by Gasteiger charge is -2.19. The summed E-state index contributed by atoms with van der Waals surface area (Å²) in [5.41, 5.74) is 1.15. The van der Waals surface area contributed by atoms with Gasteiger partial charge in [-0.2, -0.15) is 17.9 Å². The van der Waals surface area contributed by atoms with E-state index in [1.54, 1.807) is 32.0 Å². The normalized spacial score (nSPS) is 13.1. The molecule has 0 aliphatic heterocycles. The molecule has 9 nitrogen and oxygen atoms in total. The van der Waals surface area contributed by atoms with Crippen molar-refractivity contribution in [3.63, 3.8) is 0 Å². The van der Waals surface area contributed by atoms with E-state index in [1.807, 2.05) is 0 Å². The molecule has 1 aliphatic carbocycles. The first kappa shape index (κ1) is 33.1. The molecular formula is C31H25Cl2F3N6O3S. The molecule has 4 aromatic rings. The Bertz CT molecular complexity index is 1870. The molecule has 1 aliphatic rings. The summed E-state index contributed by atoms with van der Waals surface area (Å²) in [7, 11) is 0. The van der Waals surface area contributed by atoms with E-state index >= 15 is 0 Å². The fourth-order valence-electron chi connectivity index (χ4n) is 4.33. The van der Waals surface area contributed by atoms with E-state index in [0.717, 1.165) is 34.7 Å². The van der Waals surface area contributed by atoms with Gasteiger partial charge >= 0.3 is 6.18 Å². The highest BCUT2D eigenvalue weighted by Crippen LogP contribution is 2.42. The molecule has 0 saturated heterocycles. The van der Waals surface area contributed by atoms with E-state index in [-0.39, 0.29) is 32.3 Å². The number of halogens is 5. The van der Waals surface area contributed by atoms with Crippen LogP contribution in [0.3, 0.4) is 0 Å². The lowest BCUT2D eigenvalue weighted by Crippen LogP contribution is -2.42. The third-order valence-corrected chi connectivity index (χ3v) is 8.28. The van der Waals surface area contributed by atoms with E-state index in [9.17, 15) is 28.0 Å². The van der Waals surface area contributed by atoms with Gasteiger partial charge in [0.05, 0.1) is 38.3 Å². The van der Waals surface area contributed by atoms with E-state index in [1.165, 1.54) is 42.7 Å². The molecule has 0 bridgehead atoms. The fourth-order valence-corrected chi connectivity index (χ4v) is 5.58. The van der Waals surface area contributed by atoms with E-state index in [4.69, 9.17) is 23.2 Å². The molecule has 238 valence electrons. The summed E-state index contributed by atoms with van der Waals surface area (Å²) in [6, 6.07) is 12.4. The van der Waals surface area contributed by atoms with E-state index in [0.29, 0.717) is 21.8 Å². The molecule has 46 heavy (non-hydrogen) atoms. The van der Waals surface area contributed by atoms with Gasteiger partial charge in [-0.3, -0.25) is 14.2 Å². The minimum absolute atomic E-state index is 0.0609. The number of carbonyl (C=O) groups excluding carboxylic acids is 2. The number of benzene rings is 2. The summed E-state index contributed by atoms with van der Waals surface area (Å²) in [5, 5.41) is 23.8. The summed E-state index contributed by atoms with van der Waals surface area (Å²) in [6.07, 6.45) is -0.366. The first-order valence-corrected chi connectivity index (χ1v) is 15.5. The van der Waals surface area contributed by atoms with Crippen LogP contribution in [0.25, 0.3) is 5.69 Å². The number of nitrogens with one attached hydrogen (secondary N) is 2. The molecule has 0 radical (unpaired) electrons. The molecule has 0 unspecified atom stereocenters. The topological polar surface area (TPSA) is 116 Å². The molecule has 1 saturated carbocycles. The summed E-state index contributed by atoms with van der Waals surface area (Å²) < 4.78 is 42.8. The maximum Gasteiger partial charge on any atom is 0.452 e. The van der Waals surface area contributed by atoms with Crippen molar-refractivity contribution in [1.82, 2.24) is 20.1 Å². The van der Waals surface area contributed by atoms with Crippen LogP contribution in [0.15, 0.2) is 66.1 Å². The molecule has 2 heterocycles. The zero-order chi connectivity index (χ0) is 33.2. The molecule has 1 fully saturated rings.